The molecule has 1 saturated carbocycles. The summed E-state index contributed by atoms with van der Waals surface area (Å²) in [7, 11) is -0.601. The van der Waals surface area contributed by atoms with Crippen molar-refractivity contribution in [3.8, 4) is 0 Å². The Balaban J connectivity index is 1.93. The van der Waals surface area contributed by atoms with E-state index in [4.69, 9.17) is 0 Å². The van der Waals surface area contributed by atoms with E-state index in [2.05, 4.69) is 19.2 Å². The van der Waals surface area contributed by atoms with Gasteiger partial charge in [0, 0.05) is 34.9 Å². The van der Waals surface area contributed by atoms with Crippen LogP contribution in [0.25, 0.3) is 0 Å². The van der Waals surface area contributed by atoms with Gasteiger partial charge in [-0.05, 0) is 18.8 Å². The molecule has 0 aromatic carbocycles. The van der Waals surface area contributed by atoms with Gasteiger partial charge in [-0.1, -0.05) is 13.8 Å². The summed E-state index contributed by atoms with van der Waals surface area (Å²) in [6, 6.07) is 0.751. The summed E-state index contributed by atoms with van der Waals surface area (Å²) in [5, 5.41) is 3.37. The standard InChI is InChI=1S/C9H19NOS/c1-8(2)7-12(11)6-5-10-9-3-4-9/h8-10H,3-7H2,1-2H3. The van der Waals surface area contributed by atoms with Crippen LogP contribution in [0.4, 0.5) is 0 Å². The molecule has 0 aliphatic heterocycles. The number of hydrogen-bond acceptors (Lipinski definition) is 2. The zero-order valence-corrected chi connectivity index (χ0v) is 8.82. The molecule has 0 aromatic heterocycles. The zero-order valence-electron chi connectivity index (χ0n) is 8.01. The van der Waals surface area contributed by atoms with Crippen molar-refractivity contribution >= 4 is 10.8 Å². The predicted molar refractivity (Wildman–Crippen MR) is 53.7 cm³/mol. The average Bonchev–Trinajstić information content (AvgIpc) is 2.69. The lowest BCUT2D eigenvalue weighted by atomic mass is 10.3. The van der Waals surface area contributed by atoms with Crippen molar-refractivity contribution in [1.82, 2.24) is 5.32 Å². The van der Waals surface area contributed by atoms with E-state index in [0.717, 1.165) is 24.1 Å². The van der Waals surface area contributed by atoms with E-state index < -0.39 is 10.8 Å². The lowest BCUT2D eigenvalue weighted by Gasteiger charge is -2.05. The highest BCUT2D eigenvalue weighted by Gasteiger charge is 2.19. The van der Waals surface area contributed by atoms with Crippen LogP contribution < -0.4 is 5.32 Å². The molecule has 1 rings (SSSR count). The fourth-order valence-electron chi connectivity index (χ4n) is 1.12. The molecule has 1 unspecified atom stereocenters. The van der Waals surface area contributed by atoms with Crippen LogP contribution in [0, 0.1) is 5.92 Å². The third-order valence-corrected chi connectivity index (χ3v) is 3.56. The average molecular weight is 189 g/mol. The van der Waals surface area contributed by atoms with Gasteiger partial charge in [-0.3, -0.25) is 4.21 Å². The molecule has 0 spiro atoms. The van der Waals surface area contributed by atoms with Crippen molar-refractivity contribution in [2.45, 2.75) is 32.7 Å². The van der Waals surface area contributed by atoms with E-state index in [1.807, 2.05) is 0 Å². The quantitative estimate of drug-likeness (QED) is 0.679. The van der Waals surface area contributed by atoms with Gasteiger partial charge in [-0.15, -0.1) is 0 Å². The minimum Gasteiger partial charge on any atom is -0.313 e. The van der Waals surface area contributed by atoms with Crippen molar-refractivity contribution < 1.29 is 4.21 Å². The first-order valence-electron chi connectivity index (χ1n) is 4.77. The van der Waals surface area contributed by atoms with Crippen LogP contribution in [-0.4, -0.2) is 28.3 Å². The first-order valence-corrected chi connectivity index (χ1v) is 6.25. The molecule has 0 amide bonds. The fraction of sp³-hybridized carbons (Fsp3) is 1.00. The lowest BCUT2D eigenvalue weighted by molar-refractivity contribution is 0.656. The van der Waals surface area contributed by atoms with Crippen LogP contribution in [-0.2, 0) is 10.8 Å². The van der Waals surface area contributed by atoms with Gasteiger partial charge in [0.25, 0.3) is 0 Å². The van der Waals surface area contributed by atoms with Crippen molar-refractivity contribution in [3.63, 3.8) is 0 Å². The molecule has 0 aromatic rings. The molecule has 1 fully saturated rings. The fourth-order valence-corrected chi connectivity index (χ4v) is 2.38. The van der Waals surface area contributed by atoms with Crippen molar-refractivity contribution in [2.24, 2.45) is 5.92 Å². The van der Waals surface area contributed by atoms with E-state index in [9.17, 15) is 4.21 Å². The Morgan fingerprint density at radius 1 is 1.50 bits per heavy atom. The van der Waals surface area contributed by atoms with Gasteiger partial charge < -0.3 is 5.32 Å². The third-order valence-electron chi connectivity index (χ3n) is 1.86. The molecule has 2 nitrogen and oxygen atoms in total. The smallest absolute Gasteiger partial charge is 0.0360 e. The largest absolute Gasteiger partial charge is 0.313 e. The van der Waals surface area contributed by atoms with Gasteiger partial charge in [0.1, 0.15) is 0 Å². The van der Waals surface area contributed by atoms with Gasteiger partial charge >= 0.3 is 0 Å². The Hall–Kier alpha value is 0.110. The Kier molecular flexibility index (Phi) is 4.22. The summed E-state index contributed by atoms with van der Waals surface area (Å²) in [6.07, 6.45) is 2.63. The highest BCUT2D eigenvalue weighted by molar-refractivity contribution is 7.85. The normalized spacial score (nSPS) is 19.9. The molecule has 1 aliphatic rings. The summed E-state index contributed by atoms with van der Waals surface area (Å²) >= 11 is 0. The molecule has 12 heavy (non-hydrogen) atoms. The summed E-state index contributed by atoms with van der Waals surface area (Å²) in [5.41, 5.74) is 0. The minimum absolute atomic E-state index is 0.562. The predicted octanol–water partition coefficient (Wildman–Crippen LogP) is 1.14. The van der Waals surface area contributed by atoms with Crippen molar-refractivity contribution in [3.05, 3.63) is 0 Å². The van der Waals surface area contributed by atoms with E-state index in [1.54, 1.807) is 0 Å². The molecule has 0 heterocycles. The van der Waals surface area contributed by atoms with Crippen molar-refractivity contribution in [2.75, 3.05) is 18.1 Å². The Morgan fingerprint density at radius 2 is 2.17 bits per heavy atom. The first kappa shape index (κ1) is 10.2. The highest BCUT2D eigenvalue weighted by atomic mass is 32.2. The second-order valence-electron chi connectivity index (χ2n) is 3.93. The van der Waals surface area contributed by atoms with Crippen LogP contribution in [0.15, 0.2) is 0 Å². The van der Waals surface area contributed by atoms with E-state index in [-0.39, 0.29) is 0 Å². The Bertz CT molecular complexity index is 155. The van der Waals surface area contributed by atoms with Crippen LogP contribution in [0.3, 0.4) is 0 Å². The van der Waals surface area contributed by atoms with E-state index >= 15 is 0 Å². The zero-order chi connectivity index (χ0) is 8.97. The number of nitrogens with one attached hydrogen (secondary N) is 1. The topological polar surface area (TPSA) is 29.1 Å². The number of hydrogen-bond donors (Lipinski definition) is 1. The molecular weight excluding hydrogens is 170 g/mol. The van der Waals surface area contributed by atoms with Gasteiger partial charge in [0.05, 0.1) is 0 Å². The summed E-state index contributed by atoms with van der Waals surface area (Å²) in [5.74, 6) is 2.24. The SMILES string of the molecule is CC(C)CS(=O)CCNC1CC1. The Morgan fingerprint density at radius 3 is 2.67 bits per heavy atom. The Labute approximate surface area is 77.6 Å². The summed E-state index contributed by atoms with van der Waals surface area (Å²) in [4.78, 5) is 0. The van der Waals surface area contributed by atoms with E-state index in [1.165, 1.54) is 12.8 Å². The maximum Gasteiger partial charge on any atom is 0.0360 e. The van der Waals surface area contributed by atoms with Crippen LogP contribution in [0.5, 0.6) is 0 Å². The molecule has 0 saturated heterocycles. The molecule has 0 bridgehead atoms. The second kappa shape index (κ2) is 4.97. The van der Waals surface area contributed by atoms with Gasteiger partial charge in [-0.2, -0.15) is 0 Å². The summed E-state index contributed by atoms with van der Waals surface area (Å²) < 4.78 is 11.3. The molecule has 1 N–H and O–H groups in total. The van der Waals surface area contributed by atoms with Crippen LogP contribution in [0.1, 0.15) is 26.7 Å². The van der Waals surface area contributed by atoms with E-state index in [0.29, 0.717) is 5.92 Å². The minimum atomic E-state index is -0.601. The lowest BCUT2D eigenvalue weighted by Crippen LogP contribution is -2.23. The third kappa shape index (κ3) is 4.88. The monoisotopic (exact) mass is 189 g/mol. The van der Waals surface area contributed by atoms with Gasteiger partial charge in [0.15, 0.2) is 0 Å². The molecule has 3 heteroatoms. The molecular formula is C9H19NOS. The molecule has 0 radical (unpaired) electrons. The van der Waals surface area contributed by atoms with Gasteiger partial charge in [-0.25, -0.2) is 0 Å². The highest BCUT2D eigenvalue weighted by Crippen LogP contribution is 2.17. The maximum absolute atomic E-state index is 11.3. The van der Waals surface area contributed by atoms with Crippen LogP contribution >= 0.6 is 0 Å². The second-order valence-corrected chi connectivity index (χ2v) is 5.55. The first-order chi connectivity index (χ1) is 5.68. The number of rotatable bonds is 6. The van der Waals surface area contributed by atoms with Crippen LogP contribution in [0.2, 0.25) is 0 Å². The van der Waals surface area contributed by atoms with Gasteiger partial charge in [0.2, 0.25) is 0 Å². The van der Waals surface area contributed by atoms with Crippen molar-refractivity contribution in [1.29, 1.82) is 0 Å². The molecule has 72 valence electrons. The molecule has 1 aliphatic carbocycles. The molecule has 1 atom stereocenters. The summed E-state index contributed by atoms with van der Waals surface area (Å²) in [6.45, 7) is 5.17. The maximum atomic E-state index is 11.3.